The van der Waals surface area contributed by atoms with Crippen molar-refractivity contribution in [3.05, 3.63) is 71.7 Å². The second-order valence-electron chi connectivity index (χ2n) is 5.88. The van der Waals surface area contributed by atoms with Gasteiger partial charge in [-0.3, -0.25) is 9.89 Å². The average molecular weight is 337 g/mol. The number of halogens is 1. The Kier molecular flexibility index (Phi) is 5.23. The maximum atomic E-state index is 13.4. The highest BCUT2D eigenvalue weighted by Gasteiger charge is 2.09. The number of carbonyl (C=O) groups is 1. The van der Waals surface area contributed by atoms with E-state index in [2.05, 4.69) is 15.5 Å². The summed E-state index contributed by atoms with van der Waals surface area (Å²) in [6, 6.07) is 13.9. The van der Waals surface area contributed by atoms with E-state index in [1.807, 2.05) is 37.3 Å². The van der Waals surface area contributed by atoms with Gasteiger partial charge in [-0.25, -0.2) is 4.39 Å². The molecule has 0 aliphatic carbocycles. The summed E-state index contributed by atoms with van der Waals surface area (Å²) < 4.78 is 13.4. The summed E-state index contributed by atoms with van der Waals surface area (Å²) in [5, 5.41) is 10.3. The Hall–Kier alpha value is -2.95. The molecule has 0 bridgehead atoms. The van der Waals surface area contributed by atoms with E-state index in [1.54, 1.807) is 12.3 Å². The van der Waals surface area contributed by atoms with Crippen molar-refractivity contribution in [1.82, 2.24) is 10.2 Å². The number of ketones is 1. The number of Topliss-reactive ketones (excluding diaryl/α,β-unsaturated/α-hetero) is 1. The van der Waals surface area contributed by atoms with Crippen molar-refractivity contribution in [2.75, 3.05) is 5.32 Å². The molecule has 0 amide bonds. The molecule has 0 radical (unpaired) electrons. The van der Waals surface area contributed by atoms with Crippen molar-refractivity contribution < 1.29 is 9.18 Å². The molecule has 2 aromatic carbocycles. The van der Waals surface area contributed by atoms with E-state index in [0.29, 0.717) is 13.0 Å². The third-order valence-corrected chi connectivity index (χ3v) is 4.00. The molecule has 0 aliphatic heterocycles. The van der Waals surface area contributed by atoms with Crippen LogP contribution in [0.25, 0.3) is 11.3 Å². The Morgan fingerprint density at radius 2 is 2.00 bits per heavy atom. The first kappa shape index (κ1) is 16.9. The highest BCUT2D eigenvalue weighted by atomic mass is 19.1. The van der Waals surface area contributed by atoms with Crippen molar-refractivity contribution in [2.24, 2.45) is 0 Å². The number of carbonyl (C=O) groups excluding carboxylic acids is 1. The smallest absolute Gasteiger partial charge is 0.162 e. The number of aromatic amines is 1. The van der Waals surface area contributed by atoms with Gasteiger partial charge in [-0.1, -0.05) is 19.1 Å². The normalized spacial score (nSPS) is 10.6. The van der Waals surface area contributed by atoms with Crippen molar-refractivity contribution in [1.29, 1.82) is 0 Å². The van der Waals surface area contributed by atoms with Crippen LogP contribution in [0.1, 0.15) is 35.7 Å². The molecule has 1 heterocycles. The zero-order chi connectivity index (χ0) is 17.6. The van der Waals surface area contributed by atoms with Gasteiger partial charge in [0, 0.05) is 35.3 Å². The van der Waals surface area contributed by atoms with Crippen LogP contribution in [-0.2, 0) is 6.54 Å². The van der Waals surface area contributed by atoms with Crippen LogP contribution in [-0.4, -0.2) is 16.0 Å². The molecule has 128 valence electrons. The van der Waals surface area contributed by atoms with Crippen LogP contribution in [0.5, 0.6) is 0 Å². The molecule has 0 unspecified atom stereocenters. The molecule has 25 heavy (non-hydrogen) atoms. The Bertz CT molecular complexity index is 855. The molecule has 3 aromatic rings. The molecule has 0 aliphatic rings. The van der Waals surface area contributed by atoms with E-state index in [4.69, 9.17) is 0 Å². The lowest BCUT2D eigenvalue weighted by Crippen LogP contribution is -2.02. The largest absolute Gasteiger partial charge is 0.381 e. The lowest BCUT2D eigenvalue weighted by atomic mass is 10.1. The lowest BCUT2D eigenvalue weighted by Gasteiger charge is -2.08. The molecule has 0 atom stereocenters. The van der Waals surface area contributed by atoms with Crippen molar-refractivity contribution in [3.8, 4) is 11.3 Å². The van der Waals surface area contributed by atoms with Gasteiger partial charge >= 0.3 is 0 Å². The molecule has 0 fully saturated rings. The second kappa shape index (κ2) is 7.75. The first-order chi connectivity index (χ1) is 12.2. The summed E-state index contributed by atoms with van der Waals surface area (Å²) in [7, 11) is 0. The van der Waals surface area contributed by atoms with Gasteiger partial charge < -0.3 is 5.32 Å². The quantitative estimate of drug-likeness (QED) is 0.608. The molecule has 4 nitrogen and oxygen atoms in total. The zero-order valence-corrected chi connectivity index (χ0v) is 14.1. The van der Waals surface area contributed by atoms with Gasteiger partial charge in [0.25, 0.3) is 0 Å². The molecule has 5 heteroatoms. The summed E-state index contributed by atoms with van der Waals surface area (Å²) in [5.41, 5.74) is 4.14. The molecule has 0 saturated carbocycles. The van der Waals surface area contributed by atoms with Gasteiger partial charge in [0.05, 0.1) is 11.9 Å². The van der Waals surface area contributed by atoms with E-state index < -0.39 is 0 Å². The van der Waals surface area contributed by atoms with E-state index in [9.17, 15) is 9.18 Å². The van der Waals surface area contributed by atoms with Crippen LogP contribution in [0.15, 0.2) is 54.7 Å². The topological polar surface area (TPSA) is 57.8 Å². The predicted molar refractivity (Wildman–Crippen MR) is 97.0 cm³/mol. The fourth-order valence-electron chi connectivity index (χ4n) is 2.68. The summed E-state index contributed by atoms with van der Waals surface area (Å²) >= 11 is 0. The molecular formula is C20H20FN3O. The minimum atomic E-state index is -0.279. The van der Waals surface area contributed by atoms with Gasteiger partial charge in [-0.15, -0.1) is 0 Å². The number of rotatable bonds is 7. The zero-order valence-electron chi connectivity index (χ0n) is 14.1. The summed E-state index contributed by atoms with van der Waals surface area (Å²) in [5.74, 6) is -0.115. The number of nitrogens with one attached hydrogen (secondary N) is 2. The van der Waals surface area contributed by atoms with Crippen LogP contribution < -0.4 is 5.32 Å². The maximum Gasteiger partial charge on any atom is 0.162 e. The highest BCUT2D eigenvalue weighted by Crippen LogP contribution is 2.23. The molecule has 1 aromatic heterocycles. The van der Waals surface area contributed by atoms with Crippen molar-refractivity contribution >= 4 is 11.5 Å². The van der Waals surface area contributed by atoms with Gasteiger partial charge in [-0.2, -0.15) is 5.10 Å². The third kappa shape index (κ3) is 4.12. The van der Waals surface area contributed by atoms with Crippen molar-refractivity contribution in [3.63, 3.8) is 0 Å². The number of H-pyrrole nitrogens is 1. The predicted octanol–water partition coefficient (Wildman–Crippen LogP) is 4.81. The third-order valence-electron chi connectivity index (χ3n) is 4.00. The first-order valence-electron chi connectivity index (χ1n) is 8.32. The number of aromatic nitrogens is 2. The first-order valence-corrected chi connectivity index (χ1v) is 8.32. The monoisotopic (exact) mass is 337 g/mol. The standard InChI is InChI=1S/C20H20FN3O/c1-2-4-19(25)14-7-9-18(10-8-14)22-12-16-13-23-24-20(16)15-5-3-6-17(21)11-15/h3,5-11,13,22H,2,4,12H2,1H3,(H,23,24). The second-order valence-corrected chi connectivity index (χ2v) is 5.88. The minimum Gasteiger partial charge on any atom is -0.381 e. The number of nitrogens with zero attached hydrogens (tertiary/aromatic N) is 1. The average Bonchev–Trinajstić information content (AvgIpc) is 3.09. The van der Waals surface area contributed by atoms with Crippen LogP contribution in [0.2, 0.25) is 0 Å². The minimum absolute atomic E-state index is 0.164. The maximum absolute atomic E-state index is 13.4. The summed E-state index contributed by atoms with van der Waals surface area (Å²) in [6.07, 6.45) is 3.15. The van der Waals surface area contributed by atoms with Crippen molar-refractivity contribution in [2.45, 2.75) is 26.3 Å². The Balaban J connectivity index is 1.69. The molecular weight excluding hydrogens is 317 g/mol. The molecule has 3 rings (SSSR count). The van der Waals surface area contributed by atoms with Gasteiger partial charge in [0.15, 0.2) is 5.78 Å². The Morgan fingerprint density at radius 1 is 1.20 bits per heavy atom. The summed E-state index contributed by atoms with van der Waals surface area (Å²) in [4.78, 5) is 11.9. The highest BCUT2D eigenvalue weighted by molar-refractivity contribution is 5.96. The summed E-state index contributed by atoms with van der Waals surface area (Å²) in [6.45, 7) is 2.54. The van der Waals surface area contributed by atoms with E-state index in [1.165, 1.54) is 12.1 Å². The fraction of sp³-hybridized carbons (Fsp3) is 0.200. The lowest BCUT2D eigenvalue weighted by molar-refractivity contribution is 0.0982. The van der Waals surface area contributed by atoms with E-state index >= 15 is 0 Å². The van der Waals surface area contributed by atoms with Crippen LogP contribution >= 0.6 is 0 Å². The van der Waals surface area contributed by atoms with E-state index in [-0.39, 0.29) is 11.6 Å². The van der Waals surface area contributed by atoms with Gasteiger partial charge in [0.1, 0.15) is 5.82 Å². The van der Waals surface area contributed by atoms with Gasteiger partial charge in [-0.05, 0) is 42.8 Å². The number of hydrogen-bond acceptors (Lipinski definition) is 3. The fourth-order valence-corrected chi connectivity index (χ4v) is 2.68. The number of benzene rings is 2. The number of hydrogen-bond donors (Lipinski definition) is 2. The van der Waals surface area contributed by atoms with E-state index in [0.717, 1.165) is 34.5 Å². The van der Waals surface area contributed by atoms with Crippen LogP contribution in [0.4, 0.5) is 10.1 Å². The number of anilines is 1. The Labute approximate surface area is 146 Å². The Morgan fingerprint density at radius 3 is 2.72 bits per heavy atom. The molecule has 0 saturated heterocycles. The van der Waals surface area contributed by atoms with Crippen LogP contribution in [0, 0.1) is 5.82 Å². The van der Waals surface area contributed by atoms with Gasteiger partial charge in [0.2, 0.25) is 0 Å². The molecule has 2 N–H and O–H groups in total. The SMILES string of the molecule is CCCC(=O)c1ccc(NCc2cn[nH]c2-c2cccc(F)c2)cc1. The molecule has 0 spiro atoms. The van der Waals surface area contributed by atoms with Crippen LogP contribution in [0.3, 0.4) is 0 Å².